The van der Waals surface area contributed by atoms with Crippen molar-refractivity contribution in [2.45, 2.75) is 43.7 Å². The highest BCUT2D eigenvalue weighted by Gasteiger charge is 2.16. The molecular formula is C15H22FNOS. The number of hydrogen-bond acceptors (Lipinski definition) is 3. The van der Waals surface area contributed by atoms with Gasteiger partial charge < -0.3 is 10.1 Å². The lowest BCUT2D eigenvalue weighted by Crippen LogP contribution is -2.13. The van der Waals surface area contributed by atoms with Crippen LogP contribution < -0.4 is 5.32 Å². The Morgan fingerprint density at radius 3 is 3.05 bits per heavy atom. The zero-order chi connectivity index (χ0) is 13.5. The van der Waals surface area contributed by atoms with Crippen LogP contribution in [0.3, 0.4) is 0 Å². The van der Waals surface area contributed by atoms with Gasteiger partial charge in [-0.3, -0.25) is 0 Å². The number of rotatable bonds is 7. The van der Waals surface area contributed by atoms with Crippen LogP contribution in [0.2, 0.25) is 0 Å². The smallest absolute Gasteiger partial charge is 0.137 e. The van der Waals surface area contributed by atoms with Crippen LogP contribution in [-0.4, -0.2) is 25.0 Å². The van der Waals surface area contributed by atoms with Crippen LogP contribution in [0.25, 0.3) is 0 Å². The van der Waals surface area contributed by atoms with Crippen molar-refractivity contribution in [3.63, 3.8) is 0 Å². The predicted molar refractivity (Wildman–Crippen MR) is 78.1 cm³/mol. The maximum Gasteiger partial charge on any atom is 0.137 e. The van der Waals surface area contributed by atoms with Crippen LogP contribution in [0.15, 0.2) is 23.1 Å². The van der Waals surface area contributed by atoms with Gasteiger partial charge >= 0.3 is 0 Å². The fraction of sp³-hybridized carbons (Fsp3) is 0.600. The first kappa shape index (κ1) is 14.8. The third-order valence-electron chi connectivity index (χ3n) is 3.20. The van der Waals surface area contributed by atoms with E-state index in [-0.39, 0.29) is 5.82 Å². The molecule has 0 saturated carbocycles. The van der Waals surface area contributed by atoms with Crippen molar-refractivity contribution >= 4 is 11.8 Å². The van der Waals surface area contributed by atoms with Gasteiger partial charge in [-0.1, -0.05) is 13.0 Å². The van der Waals surface area contributed by atoms with Crippen LogP contribution in [0.5, 0.6) is 0 Å². The molecule has 2 nitrogen and oxygen atoms in total. The van der Waals surface area contributed by atoms with E-state index >= 15 is 0 Å². The van der Waals surface area contributed by atoms with E-state index < -0.39 is 0 Å². The molecule has 0 aliphatic carbocycles. The summed E-state index contributed by atoms with van der Waals surface area (Å²) in [6.07, 6.45) is 3.64. The summed E-state index contributed by atoms with van der Waals surface area (Å²) in [5, 5.41) is 3.28. The normalized spacial score (nSPS) is 18.9. The first-order chi connectivity index (χ1) is 9.29. The zero-order valence-corrected chi connectivity index (χ0v) is 12.3. The topological polar surface area (TPSA) is 21.3 Å². The molecule has 0 aromatic heterocycles. The average molecular weight is 283 g/mol. The minimum atomic E-state index is -0.112. The monoisotopic (exact) mass is 283 g/mol. The first-order valence-corrected chi connectivity index (χ1v) is 8.01. The maximum absolute atomic E-state index is 13.9. The van der Waals surface area contributed by atoms with Gasteiger partial charge in [0.1, 0.15) is 5.82 Å². The molecular weight excluding hydrogens is 261 g/mol. The number of thioether (sulfide) groups is 1. The largest absolute Gasteiger partial charge is 0.377 e. The summed E-state index contributed by atoms with van der Waals surface area (Å²) >= 11 is 1.56. The van der Waals surface area contributed by atoms with E-state index in [4.69, 9.17) is 4.74 Å². The third-order valence-corrected chi connectivity index (χ3v) is 4.38. The van der Waals surface area contributed by atoms with Crippen molar-refractivity contribution in [1.29, 1.82) is 0 Å². The second kappa shape index (κ2) is 7.88. The van der Waals surface area contributed by atoms with Gasteiger partial charge in [-0.05, 0) is 43.5 Å². The van der Waals surface area contributed by atoms with Gasteiger partial charge in [0.25, 0.3) is 0 Å². The summed E-state index contributed by atoms with van der Waals surface area (Å²) < 4.78 is 19.5. The molecule has 1 atom stereocenters. The molecule has 2 rings (SSSR count). The lowest BCUT2D eigenvalue weighted by atomic mass is 10.2. The Labute approximate surface area is 119 Å². The second-order valence-electron chi connectivity index (χ2n) is 4.89. The van der Waals surface area contributed by atoms with Gasteiger partial charge in [0.2, 0.25) is 0 Å². The lowest BCUT2D eigenvalue weighted by Gasteiger charge is -2.10. The van der Waals surface area contributed by atoms with Crippen LogP contribution >= 0.6 is 11.8 Å². The predicted octanol–water partition coefficient (Wildman–Crippen LogP) is 3.60. The minimum Gasteiger partial charge on any atom is -0.377 e. The van der Waals surface area contributed by atoms with Gasteiger partial charge in [-0.15, -0.1) is 11.8 Å². The zero-order valence-electron chi connectivity index (χ0n) is 11.5. The maximum atomic E-state index is 13.9. The lowest BCUT2D eigenvalue weighted by molar-refractivity contribution is 0.129. The van der Waals surface area contributed by atoms with E-state index in [1.807, 2.05) is 12.1 Å². The Kier molecular flexibility index (Phi) is 6.14. The number of benzene rings is 1. The number of nitrogens with one attached hydrogen (secondary N) is 1. The van der Waals surface area contributed by atoms with Crippen LogP contribution in [0.1, 0.15) is 31.7 Å². The second-order valence-corrected chi connectivity index (χ2v) is 5.95. The minimum absolute atomic E-state index is 0.112. The standard InChI is InChI=1S/C15H22FNOS/c1-2-7-17-10-12-5-6-15(14(16)9-12)19-11-13-4-3-8-18-13/h5-6,9,13,17H,2-4,7-8,10-11H2,1H3. The van der Waals surface area contributed by atoms with Crippen molar-refractivity contribution in [2.75, 3.05) is 18.9 Å². The fourth-order valence-electron chi connectivity index (χ4n) is 2.14. The van der Waals surface area contributed by atoms with Crippen LogP contribution in [0.4, 0.5) is 4.39 Å². The van der Waals surface area contributed by atoms with Crippen molar-refractivity contribution in [3.8, 4) is 0 Å². The van der Waals surface area contributed by atoms with E-state index in [2.05, 4.69) is 12.2 Å². The number of hydrogen-bond donors (Lipinski definition) is 1. The van der Waals surface area contributed by atoms with E-state index in [1.54, 1.807) is 17.8 Å². The van der Waals surface area contributed by atoms with Gasteiger partial charge in [0.05, 0.1) is 6.10 Å². The molecule has 0 radical (unpaired) electrons. The van der Waals surface area contributed by atoms with E-state index in [9.17, 15) is 4.39 Å². The Morgan fingerprint density at radius 1 is 1.47 bits per heavy atom. The van der Waals surface area contributed by atoms with Gasteiger partial charge in [0, 0.05) is 23.8 Å². The molecule has 19 heavy (non-hydrogen) atoms. The molecule has 1 aromatic rings. The highest BCUT2D eigenvalue weighted by molar-refractivity contribution is 7.99. The summed E-state index contributed by atoms with van der Waals surface area (Å²) in [4.78, 5) is 0.731. The summed E-state index contributed by atoms with van der Waals surface area (Å²) in [6.45, 7) is 4.69. The van der Waals surface area contributed by atoms with Crippen molar-refractivity contribution in [3.05, 3.63) is 29.6 Å². The molecule has 106 valence electrons. The van der Waals surface area contributed by atoms with E-state index in [0.29, 0.717) is 6.10 Å². The Bertz CT molecular complexity index is 394. The molecule has 1 aliphatic rings. The Balaban J connectivity index is 1.83. The Morgan fingerprint density at radius 2 is 2.37 bits per heavy atom. The summed E-state index contributed by atoms with van der Waals surface area (Å²) in [5.41, 5.74) is 1.01. The van der Waals surface area contributed by atoms with Gasteiger partial charge in [-0.2, -0.15) is 0 Å². The summed E-state index contributed by atoms with van der Waals surface area (Å²) in [6, 6.07) is 5.53. The summed E-state index contributed by atoms with van der Waals surface area (Å²) in [5.74, 6) is 0.739. The van der Waals surface area contributed by atoms with Crippen molar-refractivity contribution < 1.29 is 9.13 Å². The molecule has 0 amide bonds. The van der Waals surface area contributed by atoms with Crippen molar-refractivity contribution in [2.24, 2.45) is 0 Å². The molecule has 1 N–H and O–H groups in total. The highest BCUT2D eigenvalue weighted by Crippen LogP contribution is 2.26. The molecule has 1 aromatic carbocycles. The first-order valence-electron chi connectivity index (χ1n) is 7.03. The van der Waals surface area contributed by atoms with Gasteiger partial charge in [-0.25, -0.2) is 4.39 Å². The van der Waals surface area contributed by atoms with Crippen LogP contribution in [-0.2, 0) is 11.3 Å². The SMILES string of the molecule is CCCNCc1ccc(SCC2CCCO2)c(F)c1. The quantitative estimate of drug-likeness (QED) is 0.610. The molecule has 0 bridgehead atoms. The molecule has 1 saturated heterocycles. The third kappa shape index (κ3) is 4.79. The number of halogens is 1. The fourth-order valence-corrected chi connectivity index (χ4v) is 3.13. The van der Waals surface area contributed by atoms with E-state index in [0.717, 1.165) is 55.2 Å². The molecule has 1 fully saturated rings. The van der Waals surface area contributed by atoms with Crippen LogP contribution in [0, 0.1) is 5.82 Å². The average Bonchev–Trinajstić information content (AvgIpc) is 2.91. The highest BCUT2D eigenvalue weighted by atomic mass is 32.2. The summed E-state index contributed by atoms with van der Waals surface area (Å²) in [7, 11) is 0. The molecule has 1 heterocycles. The molecule has 0 spiro atoms. The molecule has 1 aliphatic heterocycles. The molecule has 1 unspecified atom stereocenters. The Hall–Kier alpha value is -0.580. The number of ether oxygens (including phenoxy) is 1. The molecule has 4 heteroatoms. The van der Waals surface area contributed by atoms with Gasteiger partial charge in [0.15, 0.2) is 0 Å². The van der Waals surface area contributed by atoms with Crippen molar-refractivity contribution in [1.82, 2.24) is 5.32 Å². The van der Waals surface area contributed by atoms with E-state index in [1.165, 1.54) is 0 Å².